The van der Waals surface area contributed by atoms with Gasteiger partial charge in [0.1, 0.15) is 17.1 Å². The van der Waals surface area contributed by atoms with Gasteiger partial charge in [-0.05, 0) is 62.8 Å². The molecule has 1 atom stereocenters. The van der Waals surface area contributed by atoms with Crippen LogP contribution in [0.2, 0.25) is 0 Å². The molecule has 2 heteroatoms. The van der Waals surface area contributed by atoms with Gasteiger partial charge in [0.2, 0.25) is 0 Å². The number of ether oxygens (including phenoxy) is 1. The van der Waals surface area contributed by atoms with Crippen molar-refractivity contribution in [3.05, 3.63) is 58.1 Å². The zero-order chi connectivity index (χ0) is 15.9. The average molecular weight is 296 g/mol. The molecule has 0 radical (unpaired) electrons. The molecule has 116 valence electrons. The quantitative estimate of drug-likeness (QED) is 0.893. The van der Waals surface area contributed by atoms with Gasteiger partial charge >= 0.3 is 0 Å². The van der Waals surface area contributed by atoms with Crippen LogP contribution in [-0.2, 0) is 12.8 Å². The fourth-order valence-corrected chi connectivity index (χ4v) is 3.37. The predicted octanol–water partition coefficient (Wildman–Crippen LogP) is 4.64. The Morgan fingerprint density at radius 3 is 2.41 bits per heavy atom. The van der Waals surface area contributed by atoms with Crippen LogP contribution in [0.25, 0.3) is 0 Å². The van der Waals surface area contributed by atoms with Crippen LogP contribution in [0.4, 0.5) is 0 Å². The lowest BCUT2D eigenvalue weighted by atomic mass is 9.89. The minimum atomic E-state index is -0.187. The summed E-state index contributed by atoms with van der Waals surface area (Å²) < 4.78 is 6.35. The van der Waals surface area contributed by atoms with Crippen molar-refractivity contribution in [1.29, 1.82) is 0 Å². The molecule has 1 heterocycles. The van der Waals surface area contributed by atoms with Crippen molar-refractivity contribution in [2.24, 2.45) is 0 Å². The minimum absolute atomic E-state index is 0.187. The zero-order valence-electron chi connectivity index (χ0n) is 13.9. The number of phenols is 1. The molecular formula is C20H24O2. The molecule has 1 aliphatic heterocycles. The van der Waals surface area contributed by atoms with E-state index in [1.54, 1.807) is 0 Å². The fourth-order valence-electron chi connectivity index (χ4n) is 3.37. The molecular weight excluding hydrogens is 272 g/mol. The van der Waals surface area contributed by atoms with Crippen LogP contribution >= 0.6 is 0 Å². The molecule has 0 aromatic heterocycles. The Labute approximate surface area is 132 Å². The number of rotatable bonds is 3. The van der Waals surface area contributed by atoms with Gasteiger partial charge in [-0.25, -0.2) is 0 Å². The molecule has 2 aromatic rings. The highest BCUT2D eigenvalue weighted by Gasteiger charge is 2.37. The van der Waals surface area contributed by atoms with Crippen LogP contribution in [0.5, 0.6) is 11.5 Å². The van der Waals surface area contributed by atoms with Crippen LogP contribution in [0.3, 0.4) is 0 Å². The van der Waals surface area contributed by atoms with E-state index in [4.69, 9.17) is 4.74 Å². The van der Waals surface area contributed by atoms with Crippen molar-refractivity contribution in [2.45, 2.75) is 52.6 Å². The summed E-state index contributed by atoms with van der Waals surface area (Å²) in [5, 5.41) is 10.3. The van der Waals surface area contributed by atoms with Crippen LogP contribution in [-0.4, -0.2) is 10.7 Å². The summed E-state index contributed by atoms with van der Waals surface area (Å²) in [6.45, 7) is 8.17. The van der Waals surface area contributed by atoms with Gasteiger partial charge < -0.3 is 9.84 Å². The lowest BCUT2D eigenvalue weighted by Gasteiger charge is -2.24. The van der Waals surface area contributed by atoms with Gasteiger partial charge in [0, 0.05) is 12.0 Å². The molecule has 1 N–H and O–H groups in total. The number of fused-ring (bicyclic) bond motifs is 1. The Hall–Kier alpha value is -1.96. The smallest absolute Gasteiger partial charge is 0.127 e. The van der Waals surface area contributed by atoms with E-state index >= 15 is 0 Å². The van der Waals surface area contributed by atoms with Gasteiger partial charge in [-0.3, -0.25) is 0 Å². The lowest BCUT2D eigenvalue weighted by Crippen LogP contribution is -2.30. The predicted molar refractivity (Wildman–Crippen MR) is 89.8 cm³/mol. The number of phenolic OH excluding ortho intramolecular Hbond substituents is 1. The standard InChI is InChI=1S/C20H24O2/c1-13-14(2)19-17(15(3)18(13)21)12-20(4,22-19)11-10-16-8-6-5-7-9-16/h5-9,21H,10-12H2,1-4H3. The Balaban J connectivity index is 1.84. The maximum absolute atomic E-state index is 10.3. The van der Waals surface area contributed by atoms with Crippen molar-refractivity contribution >= 4 is 0 Å². The third kappa shape index (κ3) is 2.47. The van der Waals surface area contributed by atoms with E-state index in [0.29, 0.717) is 5.75 Å². The highest BCUT2D eigenvalue weighted by atomic mass is 16.5. The van der Waals surface area contributed by atoms with Gasteiger partial charge in [-0.15, -0.1) is 0 Å². The molecule has 1 unspecified atom stereocenters. The largest absolute Gasteiger partial charge is 0.507 e. The van der Waals surface area contributed by atoms with Crippen molar-refractivity contribution in [3.63, 3.8) is 0 Å². The SMILES string of the molecule is Cc1c(C)c2c(c(C)c1O)CC(C)(CCc1ccccc1)O2. The van der Waals surface area contributed by atoms with Crippen molar-refractivity contribution < 1.29 is 9.84 Å². The molecule has 2 nitrogen and oxygen atoms in total. The summed E-state index contributed by atoms with van der Waals surface area (Å²) in [6, 6.07) is 10.5. The number of hydrogen-bond donors (Lipinski definition) is 1. The van der Waals surface area contributed by atoms with E-state index in [1.807, 2.05) is 26.8 Å². The topological polar surface area (TPSA) is 29.5 Å². The molecule has 2 aromatic carbocycles. The lowest BCUT2D eigenvalue weighted by molar-refractivity contribution is 0.105. The first-order valence-electron chi connectivity index (χ1n) is 7.96. The van der Waals surface area contributed by atoms with E-state index in [0.717, 1.165) is 41.7 Å². The second-order valence-electron chi connectivity index (χ2n) is 6.75. The molecule has 0 aliphatic carbocycles. The molecule has 0 amide bonds. The van der Waals surface area contributed by atoms with Crippen LogP contribution in [0.1, 0.15) is 41.2 Å². The van der Waals surface area contributed by atoms with E-state index in [2.05, 4.69) is 31.2 Å². The average Bonchev–Trinajstić information content (AvgIpc) is 2.89. The van der Waals surface area contributed by atoms with Gasteiger partial charge in [0.05, 0.1) is 0 Å². The number of hydrogen-bond acceptors (Lipinski definition) is 2. The Bertz CT molecular complexity index is 665. The summed E-state index contributed by atoms with van der Waals surface area (Å²) >= 11 is 0. The van der Waals surface area contributed by atoms with Crippen molar-refractivity contribution in [1.82, 2.24) is 0 Å². The van der Waals surface area contributed by atoms with Crippen LogP contribution in [0, 0.1) is 20.8 Å². The molecule has 0 bridgehead atoms. The van der Waals surface area contributed by atoms with E-state index in [1.165, 1.54) is 11.1 Å². The number of aryl methyl sites for hydroxylation is 1. The van der Waals surface area contributed by atoms with E-state index in [-0.39, 0.29) is 5.60 Å². The summed E-state index contributed by atoms with van der Waals surface area (Å²) in [4.78, 5) is 0. The van der Waals surface area contributed by atoms with Crippen molar-refractivity contribution in [3.8, 4) is 11.5 Å². The normalized spacial score (nSPS) is 19.8. The highest BCUT2D eigenvalue weighted by molar-refractivity contribution is 5.59. The van der Waals surface area contributed by atoms with Crippen LogP contribution in [0.15, 0.2) is 30.3 Å². The summed E-state index contributed by atoms with van der Waals surface area (Å²) in [6.07, 6.45) is 2.86. The first kappa shape index (κ1) is 15.0. The van der Waals surface area contributed by atoms with Crippen molar-refractivity contribution in [2.75, 3.05) is 0 Å². The van der Waals surface area contributed by atoms with Gasteiger partial charge in [-0.2, -0.15) is 0 Å². The number of benzene rings is 2. The zero-order valence-corrected chi connectivity index (χ0v) is 13.9. The monoisotopic (exact) mass is 296 g/mol. The Kier molecular flexibility index (Phi) is 3.64. The molecule has 0 saturated carbocycles. The molecule has 1 aliphatic rings. The Morgan fingerprint density at radius 1 is 1.05 bits per heavy atom. The van der Waals surface area contributed by atoms with E-state index < -0.39 is 0 Å². The molecule has 0 saturated heterocycles. The van der Waals surface area contributed by atoms with Crippen LogP contribution < -0.4 is 4.74 Å². The molecule has 0 spiro atoms. The van der Waals surface area contributed by atoms with Gasteiger partial charge in [-0.1, -0.05) is 30.3 Å². The summed E-state index contributed by atoms with van der Waals surface area (Å²) in [5.74, 6) is 1.41. The number of aromatic hydroxyl groups is 1. The van der Waals surface area contributed by atoms with Gasteiger partial charge in [0.25, 0.3) is 0 Å². The minimum Gasteiger partial charge on any atom is -0.507 e. The van der Waals surface area contributed by atoms with E-state index in [9.17, 15) is 5.11 Å². The molecule has 22 heavy (non-hydrogen) atoms. The molecule has 0 fully saturated rings. The maximum Gasteiger partial charge on any atom is 0.127 e. The second-order valence-corrected chi connectivity index (χ2v) is 6.75. The third-order valence-corrected chi connectivity index (χ3v) is 5.02. The fraction of sp³-hybridized carbons (Fsp3) is 0.400. The molecule has 3 rings (SSSR count). The summed E-state index contributed by atoms with van der Waals surface area (Å²) in [7, 11) is 0. The summed E-state index contributed by atoms with van der Waals surface area (Å²) in [5.41, 5.74) is 5.31. The third-order valence-electron chi connectivity index (χ3n) is 5.02. The first-order valence-corrected chi connectivity index (χ1v) is 7.96. The first-order chi connectivity index (χ1) is 10.4. The highest BCUT2D eigenvalue weighted by Crippen LogP contribution is 2.46. The van der Waals surface area contributed by atoms with Gasteiger partial charge in [0.15, 0.2) is 0 Å². The Morgan fingerprint density at radius 2 is 1.73 bits per heavy atom. The second kappa shape index (κ2) is 5.35. The maximum atomic E-state index is 10.3.